The lowest BCUT2D eigenvalue weighted by molar-refractivity contribution is -0.121. The first kappa shape index (κ1) is 18.9. The Hall–Kier alpha value is -3.08. The van der Waals surface area contributed by atoms with Gasteiger partial charge in [-0.3, -0.25) is 14.5 Å². The number of hydrogen-bond donors (Lipinski definition) is 0. The van der Waals surface area contributed by atoms with Gasteiger partial charge in [-0.25, -0.2) is 0 Å². The van der Waals surface area contributed by atoms with Crippen LogP contribution in [-0.4, -0.2) is 18.5 Å². The third-order valence-corrected chi connectivity index (χ3v) is 6.23. The second-order valence-electron chi connectivity index (χ2n) is 9.24. The number of allylic oxidation sites excluding steroid dienone is 2. The van der Waals surface area contributed by atoms with Gasteiger partial charge in [0.1, 0.15) is 0 Å². The highest BCUT2D eigenvalue weighted by molar-refractivity contribution is 6.07. The summed E-state index contributed by atoms with van der Waals surface area (Å²) in [6.45, 7) is 6.41. The van der Waals surface area contributed by atoms with E-state index in [2.05, 4.69) is 13.8 Å². The molecule has 5 heteroatoms. The molecule has 1 aliphatic carbocycles. The Morgan fingerprint density at radius 3 is 2.47 bits per heavy atom. The van der Waals surface area contributed by atoms with E-state index in [4.69, 9.17) is 9.47 Å². The number of fused-ring (bicyclic) bond motifs is 1. The maximum absolute atomic E-state index is 13.4. The van der Waals surface area contributed by atoms with Gasteiger partial charge in [0.15, 0.2) is 17.3 Å². The summed E-state index contributed by atoms with van der Waals surface area (Å²) in [5.74, 6) is 1.27. The van der Waals surface area contributed by atoms with Gasteiger partial charge in [-0.2, -0.15) is 0 Å². The van der Waals surface area contributed by atoms with Crippen LogP contribution in [0.5, 0.6) is 11.5 Å². The number of nitrogens with zero attached hydrogens (tertiary/aromatic N) is 1. The molecule has 0 spiro atoms. The van der Waals surface area contributed by atoms with E-state index >= 15 is 0 Å². The molecular formula is C25H25NO4. The molecule has 1 atom stereocenters. The highest BCUT2D eigenvalue weighted by atomic mass is 16.7. The molecule has 0 bridgehead atoms. The van der Waals surface area contributed by atoms with Gasteiger partial charge < -0.3 is 9.47 Å². The van der Waals surface area contributed by atoms with Crippen LogP contribution in [0.1, 0.15) is 50.2 Å². The third kappa shape index (κ3) is 3.09. The van der Waals surface area contributed by atoms with Crippen LogP contribution in [0, 0.1) is 12.3 Å². The predicted molar refractivity (Wildman–Crippen MR) is 114 cm³/mol. The fourth-order valence-corrected chi connectivity index (χ4v) is 4.82. The van der Waals surface area contributed by atoms with E-state index < -0.39 is 0 Å². The summed E-state index contributed by atoms with van der Waals surface area (Å²) in [7, 11) is 0. The molecule has 5 nitrogen and oxygen atoms in total. The van der Waals surface area contributed by atoms with Gasteiger partial charge in [-0.05, 0) is 48.6 Å². The zero-order valence-electron chi connectivity index (χ0n) is 17.5. The average Bonchev–Trinajstić information content (AvgIpc) is 3.15. The lowest BCUT2D eigenvalue weighted by Crippen LogP contribution is -2.43. The Kier molecular flexibility index (Phi) is 4.24. The quantitative estimate of drug-likeness (QED) is 0.717. The van der Waals surface area contributed by atoms with E-state index in [1.807, 2.05) is 49.4 Å². The Bertz CT molecular complexity index is 1080. The average molecular weight is 403 g/mol. The molecule has 0 saturated carbocycles. The van der Waals surface area contributed by atoms with Crippen LogP contribution < -0.4 is 14.4 Å². The van der Waals surface area contributed by atoms with Crippen molar-refractivity contribution in [2.45, 2.75) is 46.0 Å². The highest BCUT2D eigenvalue weighted by Gasteiger charge is 2.44. The number of carbonyl (C=O) groups is 2. The number of Topliss-reactive ketones (excluding diaryl/α,β-unsaturated/α-hetero) is 1. The molecule has 0 saturated heterocycles. The van der Waals surface area contributed by atoms with Gasteiger partial charge in [0, 0.05) is 35.7 Å². The second kappa shape index (κ2) is 6.73. The van der Waals surface area contributed by atoms with Crippen LogP contribution in [0.25, 0.3) is 0 Å². The summed E-state index contributed by atoms with van der Waals surface area (Å²) in [5.41, 5.74) is 4.32. The maximum Gasteiger partial charge on any atom is 0.232 e. The molecule has 30 heavy (non-hydrogen) atoms. The first-order valence-electron chi connectivity index (χ1n) is 10.4. The van der Waals surface area contributed by atoms with Crippen molar-refractivity contribution in [3.05, 3.63) is 64.9 Å². The van der Waals surface area contributed by atoms with E-state index in [-0.39, 0.29) is 36.2 Å². The Balaban J connectivity index is 1.65. The van der Waals surface area contributed by atoms with E-state index in [9.17, 15) is 9.59 Å². The van der Waals surface area contributed by atoms with Gasteiger partial charge in [0.25, 0.3) is 0 Å². The number of carbonyl (C=O) groups excluding carboxylic acids is 2. The summed E-state index contributed by atoms with van der Waals surface area (Å²) in [6.07, 6.45) is 1.44. The van der Waals surface area contributed by atoms with Crippen molar-refractivity contribution in [1.82, 2.24) is 0 Å². The Morgan fingerprint density at radius 2 is 1.70 bits per heavy atom. The minimum absolute atomic E-state index is 0.0192. The first-order valence-corrected chi connectivity index (χ1v) is 10.4. The van der Waals surface area contributed by atoms with Crippen molar-refractivity contribution in [2.75, 3.05) is 11.7 Å². The van der Waals surface area contributed by atoms with Crippen LogP contribution in [0.3, 0.4) is 0 Å². The minimum atomic E-state index is -0.257. The maximum atomic E-state index is 13.4. The van der Waals surface area contributed by atoms with Crippen molar-refractivity contribution in [1.29, 1.82) is 0 Å². The van der Waals surface area contributed by atoms with E-state index in [0.29, 0.717) is 24.3 Å². The molecule has 154 valence electrons. The van der Waals surface area contributed by atoms with Crippen LogP contribution in [-0.2, 0) is 9.59 Å². The molecule has 3 aliphatic rings. The zero-order chi connectivity index (χ0) is 21.0. The van der Waals surface area contributed by atoms with Gasteiger partial charge in [0.2, 0.25) is 12.7 Å². The Morgan fingerprint density at radius 1 is 0.967 bits per heavy atom. The summed E-state index contributed by atoms with van der Waals surface area (Å²) < 4.78 is 11.0. The molecule has 0 unspecified atom stereocenters. The number of aryl methyl sites for hydroxylation is 1. The molecule has 0 N–H and O–H groups in total. The van der Waals surface area contributed by atoms with Crippen molar-refractivity contribution in [3.63, 3.8) is 0 Å². The van der Waals surface area contributed by atoms with E-state index in [1.54, 1.807) is 4.90 Å². The number of amides is 1. The van der Waals surface area contributed by atoms with Crippen LogP contribution in [0.2, 0.25) is 0 Å². The third-order valence-electron chi connectivity index (χ3n) is 6.23. The fourth-order valence-electron chi connectivity index (χ4n) is 4.82. The summed E-state index contributed by atoms with van der Waals surface area (Å²) in [6, 6.07) is 13.7. The summed E-state index contributed by atoms with van der Waals surface area (Å²) >= 11 is 0. The van der Waals surface area contributed by atoms with Gasteiger partial charge in [-0.1, -0.05) is 37.6 Å². The number of anilines is 1. The van der Waals surface area contributed by atoms with Gasteiger partial charge in [-0.15, -0.1) is 0 Å². The Labute approximate surface area is 176 Å². The molecule has 5 rings (SSSR count). The van der Waals surface area contributed by atoms with E-state index in [0.717, 1.165) is 28.1 Å². The van der Waals surface area contributed by atoms with Crippen LogP contribution in [0.15, 0.2) is 53.7 Å². The second-order valence-corrected chi connectivity index (χ2v) is 9.24. The zero-order valence-corrected chi connectivity index (χ0v) is 17.5. The number of ether oxygens (including phenoxy) is 2. The van der Waals surface area contributed by atoms with Crippen molar-refractivity contribution in [3.8, 4) is 11.5 Å². The molecular weight excluding hydrogens is 378 g/mol. The van der Waals surface area contributed by atoms with Crippen LogP contribution >= 0.6 is 0 Å². The number of benzene rings is 2. The SMILES string of the molecule is Cc1ccc(N2C(=O)C[C@@H](c3ccc4c(c3)OCO4)C3=C2CC(C)(C)CC3=O)cc1. The van der Waals surface area contributed by atoms with E-state index in [1.165, 1.54) is 0 Å². The largest absolute Gasteiger partial charge is 0.454 e. The standard InChI is InChI=1S/C25H25NO4/c1-15-4-7-17(8-5-15)26-19-12-25(2,3)13-20(27)24(19)18(11-23(26)28)16-6-9-21-22(10-16)30-14-29-21/h4-10,18H,11-14H2,1-3H3/t18-/m0/s1. The molecule has 2 aromatic carbocycles. The first-order chi connectivity index (χ1) is 14.3. The summed E-state index contributed by atoms with van der Waals surface area (Å²) in [4.78, 5) is 28.5. The topological polar surface area (TPSA) is 55.8 Å². The molecule has 1 amide bonds. The van der Waals surface area contributed by atoms with Crippen LogP contribution in [0.4, 0.5) is 5.69 Å². The van der Waals surface area contributed by atoms with Crippen molar-refractivity contribution < 1.29 is 19.1 Å². The molecule has 2 heterocycles. The normalized spacial score (nSPS) is 22.4. The highest BCUT2D eigenvalue weighted by Crippen LogP contribution is 2.49. The lowest BCUT2D eigenvalue weighted by Gasteiger charge is -2.43. The fraction of sp³-hybridized carbons (Fsp3) is 0.360. The monoisotopic (exact) mass is 403 g/mol. The smallest absolute Gasteiger partial charge is 0.232 e. The molecule has 2 aliphatic heterocycles. The van der Waals surface area contributed by atoms with Gasteiger partial charge in [0.05, 0.1) is 0 Å². The number of rotatable bonds is 2. The minimum Gasteiger partial charge on any atom is -0.454 e. The number of hydrogen-bond acceptors (Lipinski definition) is 4. The van der Waals surface area contributed by atoms with Crippen molar-refractivity contribution >= 4 is 17.4 Å². The summed E-state index contributed by atoms with van der Waals surface area (Å²) in [5, 5.41) is 0. The van der Waals surface area contributed by atoms with Crippen molar-refractivity contribution in [2.24, 2.45) is 5.41 Å². The molecule has 0 radical (unpaired) electrons. The molecule has 0 aromatic heterocycles. The predicted octanol–water partition coefficient (Wildman–Crippen LogP) is 4.89. The molecule has 2 aromatic rings. The van der Waals surface area contributed by atoms with Gasteiger partial charge >= 0.3 is 0 Å². The number of ketones is 1. The molecule has 0 fully saturated rings. The lowest BCUT2D eigenvalue weighted by atomic mass is 9.69.